The second-order valence-corrected chi connectivity index (χ2v) is 4.01. The lowest BCUT2D eigenvalue weighted by Gasteiger charge is -2.16. The number of aromatic nitrogens is 1. The van der Waals surface area contributed by atoms with Crippen molar-refractivity contribution < 1.29 is 4.79 Å². The molecule has 0 atom stereocenters. The maximum absolute atomic E-state index is 11.6. The molecule has 2 rings (SSSR count). The number of nitrogens with zero attached hydrogens (tertiary/aromatic N) is 3. The van der Waals surface area contributed by atoms with Gasteiger partial charge in [0.15, 0.2) is 0 Å². The molecule has 1 aliphatic rings. The second kappa shape index (κ2) is 4.44. The zero-order valence-electron chi connectivity index (χ0n) is 8.85. The van der Waals surface area contributed by atoms with Gasteiger partial charge >= 0.3 is 0 Å². The van der Waals surface area contributed by atoms with E-state index in [1.165, 1.54) is 4.90 Å². The molecule has 86 valence electrons. The molecule has 0 unspecified atom stereocenters. The first kappa shape index (κ1) is 11.4. The molecular formula is C11H9ClN4O. The lowest BCUT2D eigenvalue weighted by atomic mass is 10.2. The average Bonchev–Trinajstić information content (AvgIpc) is 2.59. The molecule has 1 aromatic rings. The number of halogens is 1. The number of nitrogens with two attached hydrogens (primary N) is 1. The minimum absolute atomic E-state index is 0.0728. The van der Waals surface area contributed by atoms with Gasteiger partial charge in [0.2, 0.25) is 5.91 Å². The Hall–Kier alpha value is -2.06. The van der Waals surface area contributed by atoms with Crippen molar-refractivity contribution in [2.24, 2.45) is 5.73 Å². The summed E-state index contributed by atoms with van der Waals surface area (Å²) in [7, 11) is 0. The topological polar surface area (TPSA) is 83.0 Å². The molecule has 1 aliphatic heterocycles. The molecule has 2 N–H and O–H groups in total. The molecule has 0 radical (unpaired) electrons. The molecule has 1 aromatic heterocycles. The van der Waals surface area contributed by atoms with Crippen LogP contribution in [-0.2, 0) is 11.3 Å². The van der Waals surface area contributed by atoms with E-state index >= 15 is 0 Å². The maximum Gasteiger partial charge on any atom is 0.233 e. The van der Waals surface area contributed by atoms with Crippen molar-refractivity contribution in [3.63, 3.8) is 0 Å². The van der Waals surface area contributed by atoms with Crippen molar-refractivity contribution >= 4 is 17.5 Å². The van der Waals surface area contributed by atoms with Crippen molar-refractivity contribution in [3.05, 3.63) is 40.4 Å². The third-order valence-electron chi connectivity index (χ3n) is 2.49. The monoisotopic (exact) mass is 248 g/mol. The molecule has 2 heterocycles. The summed E-state index contributed by atoms with van der Waals surface area (Å²) in [5, 5.41) is 9.17. The van der Waals surface area contributed by atoms with Gasteiger partial charge in [0.05, 0.1) is 24.6 Å². The Balaban J connectivity index is 2.20. The van der Waals surface area contributed by atoms with Gasteiger partial charge in [-0.05, 0) is 11.6 Å². The smallest absolute Gasteiger partial charge is 0.233 e. The molecule has 0 aliphatic carbocycles. The van der Waals surface area contributed by atoms with Gasteiger partial charge in [-0.3, -0.25) is 9.69 Å². The summed E-state index contributed by atoms with van der Waals surface area (Å²) in [5.41, 5.74) is 6.84. The third-order valence-corrected chi connectivity index (χ3v) is 2.72. The molecular weight excluding hydrogens is 240 g/mol. The van der Waals surface area contributed by atoms with Crippen LogP contribution in [0.4, 0.5) is 0 Å². The zero-order chi connectivity index (χ0) is 12.4. The molecule has 0 bridgehead atoms. The van der Waals surface area contributed by atoms with E-state index in [0.29, 0.717) is 17.3 Å². The number of hydrogen-bond acceptors (Lipinski definition) is 4. The number of carbonyl (C=O) groups excluding carboxylic acids is 1. The lowest BCUT2D eigenvalue weighted by molar-refractivity contribution is -0.127. The molecule has 0 aromatic carbocycles. The van der Waals surface area contributed by atoms with Crippen molar-refractivity contribution in [1.29, 1.82) is 5.26 Å². The van der Waals surface area contributed by atoms with E-state index in [4.69, 9.17) is 22.6 Å². The summed E-state index contributed by atoms with van der Waals surface area (Å²) in [5.74, 6) is 0.0569. The summed E-state index contributed by atoms with van der Waals surface area (Å²) in [4.78, 5) is 16.9. The predicted octanol–water partition coefficient (Wildman–Crippen LogP) is 1.16. The van der Waals surface area contributed by atoms with Crippen molar-refractivity contribution in [3.8, 4) is 6.07 Å². The average molecular weight is 249 g/mol. The van der Waals surface area contributed by atoms with Crippen LogP contribution in [-0.4, -0.2) is 15.8 Å². The normalized spacial score (nSPS) is 15.3. The van der Waals surface area contributed by atoms with E-state index in [1.54, 1.807) is 18.3 Å². The van der Waals surface area contributed by atoms with Crippen LogP contribution in [0.5, 0.6) is 0 Å². The molecule has 6 heteroatoms. The summed E-state index contributed by atoms with van der Waals surface area (Å²) < 4.78 is 0. The van der Waals surface area contributed by atoms with Crippen LogP contribution >= 0.6 is 11.6 Å². The molecule has 0 spiro atoms. The highest BCUT2D eigenvalue weighted by atomic mass is 35.5. The molecule has 0 saturated carbocycles. The molecule has 0 fully saturated rings. The van der Waals surface area contributed by atoms with Crippen LogP contribution in [0.3, 0.4) is 0 Å². The number of amides is 1. The first-order chi connectivity index (χ1) is 8.11. The molecule has 17 heavy (non-hydrogen) atoms. The van der Waals surface area contributed by atoms with Crippen LogP contribution in [0.25, 0.3) is 0 Å². The van der Waals surface area contributed by atoms with Crippen molar-refractivity contribution in [2.45, 2.75) is 13.0 Å². The summed E-state index contributed by atoms with van der Waals surface area (Å²) in [6.07, 6.45) is 1.65. The van der Waals surface area contributed by atoms with E-state index in [9.17, 15) is 4.79 Å². The summed E-state index contributed by atoms with van der Waals surface area (Å²) in [6.45, 7) is 0.306. The number of carbonyl (C=O) groups is 1. The van der Waals surface area contributed by atoms with Crippen LogP contribution in [0, 0.1) is 11.3 Å². The Kier molecular flexibility index (Phi) is 2.98. The Morgan fingerprint density at radius 3 is 2.88 bits per heavy atom. The Morgan fingerprint density at radius 1 is 1.59 bits per heavy atom. The van der Waals surface area contributed by atoms with Crippen LogP contribution in [0.1, 0.15) is 12.0 Å². The van der Waals surface area contributed by atoms with Gasteiger partial charge in [-0.2, -0.15) is 5.26 Å². The van der Waals surface area contributed by atoms with Crippen LogP contribution in [0.15, 0.2) is 29.7 Å². The maximum atomic E-state index is 11.6. The van der Waals surface area contributed by atoms with Gasteiger partial charge < -0.3 is 5.73 Å². The Bertz CT molecular complexity index is 529. The second-order valence-electron chi connectivity index (χ2n) is 3.62. The molecule has 0 saturated heterocycles. The number of nitriles is 1. The van der Waals surface area contributed by atoms with E-state index in [1.807, 2.05) is 6.07 Å². The molecule has 5 nitrogen and oxygen atoms in total. The summed E-state index contributed by atoms with van der Waals surface area (Å²) >= 11 is 5.66. The SMILES string of the molecule is N#CC1=C(N)N(Cc2ccc(Cl)nc2)C(=O)C1. The first-order valence-corrected chi connectivity index (χ1v) is 5.29. The number of hydrogen-bond donors (Lipinski definition) is 1. The van der Waals surface area contributed by atoms with Gasteiger partial charge in [0, 0.05) is 6.20 Å². The van der Waals surface area contributed by atoms with Gasteiger partial charge in [-0.15, -0.1) is 0 Å². The fraction of sp³-hybridized carbons (Fsp3) is 0.182. The van der Waals surface area contributed by atoms with Gasteiger partial charge in [0.1, 0.15) is 11.0 Å². The highest BCUT2D eigenvalue weighted by Crippen LogP contribution is 2.22. The van der Waals surface area contributed by atoms with Crippen LogP contribution in [0.2, 0.25) is 5.15 Å². The Labute approximate surface area is 103 Å². The van der Waals surface area contributed by atoms with Crippen molar-refractivity contribution in [2.75, 3.05) is 0 Å². The van der Waals surface area contributed by atoms with E-state index in [-0.39, 0.29) is 18.1 Å². The van der Waals surface area contributed by atoms with E-state index in [0.717, 1.165) is 5.56 Å². The van der Waals surface area contributed by atoms with Crippen LogP contribution < -0.4 is 5.73 Å². The first-order valence-electron chi connectivity index (χ1n) is 4.91. The fourth-order valence-corrected chi connectivity index (χ4v) is 1.70. The number of pyridine rings is 1. The fourth-order valence-electron chi connectivity index (χ4n) is 1.59. The third kappa shape index (κ3) is 2.22. The number of rotatable bonds is 2. The largest absolute Gasteiger partial charge is 0.384 e. The highest BCUT2D eigenvalue weighted by molar-refractivity contribution is 6.29. The lowest BCUT2D eigenvalue weighted by Crippen LogP contribution is -2.28. The minimum atomic E-state index is -0.172. The minimum Gasteiger partial charge on any atom is -0.384 e. The van der Waals surface area contributed by atoms with Gasteiger partial charge in [0.25, 0.3) is 0 Å². The standard InChI is InChI=1S/C11H9ClN4O/c12-9-2-1-7(5-15-9)6-16-10(17)3-8(4-13)11(16)14/h1-2,5H,3,6,14H2. The highest BCUT2D eigenvalue weighted by Gasteiger charge is 2.28. The molecule has 1 amide bonds. The van der Waals surface area contributed by atoms with Crippen molar-refractivity contribution in [1.82, 2.24) is 9.88 Å². The quantitative estimate of drug-likeness (QED) is 0.796. The van der Waals surface area contributed by atoms with Gasteiger partial charge in [-0.25, -0.2) is 4.98 Å². The Morgan fingerprint density at radius 2 is 2.35 bits per heavy atom. The summed E-state index contributed by atoms with van der Waals surface area (Å²) in [6, 6.07) is 5.33. The van der Waals surface area contributed by atoms with E-state index in [2.05, 4.69) is 4.98 Å². The zero-order valence-corrected chi connectivity index (χ0v) is 9.61. The van der Waals surface area contributed by atoms with E-state index < -0.39 is 0 Å². The predicted molar refractivity (Wildman–Crippen MR) is 61.2 cm³/mol. The van der Waals surface area contributed by atoms with Gasteiger partial charge in [-0.1, -0.05) is 17.7 Å².